The van der Waals surface area contributed by atoms with Gasteiger partial charge in [-0.1, -0.05) is 18.2 Å². The molecule has 0 aromatic heterocycles. The molecule has 0 bridgehead atoms. The first-order valence-electron chi connectivity index (χ1n) is 7.17. The van der Waals surface area contributed by atoms with Crippen LogP contribution < -0.4 is 14.4 Å². The average molecular weight is 332 g/mol. The van der Waals surface area contributed by atoms with Gasteiger partial charge in [-0.15, -0.1) is 0 Å². The van der Waals surface area contributed by atoms with E-state index < -0.39 is 10.0 Å². The number of nitrogens with one attached hydrogen (secondary N) is 1. The first-order valence-corrected chi connectivity index (χ1v) is 8.61. The number of nitrogens with zero attached hydrogens (tertiary/aromatic N) is 1. The molecule has 0 radical (unpaired) electrons. The van der Waals surface area contributed by atoms with Gasteiger partial charge in [0.15, 0.2) is 6.61 Å². The Kier molecular flexibility index (Phi) is 3.96. The Morgan fingerprint density at radius 1 is 1.17 bits per heavy atom. The predicted molar refractivity (Wildman–Crippen MR) is 87.2 cm³/mol. The molecule has 1 amide bonds. The largest absolute Gasteiger partial charge is 0.482 e. The number of anilines is 2. The van der Waals surface area contributed by atoms with E-state index in [1.165, 1.54) is 22.5 Å². The summed E-state index contributed by atoms with van der Waals surface area (Å²) in [5.41, 5.74) is 1.07. The summed E-state index contributed by atoms with van der Waals surface area (Å²) >= 11 is 0. The molecule has 7 heteroatoms. The first kappa shape index (κ1) is 15.4. The molecule has 1 aliphatic rings. The second kappa shape index (κ2) is 5.92. The van der Waals surface area contributed by atoms with E-state index in [1.54, 1.807) is 31.2 Å². The maximum atomic E-state index is 12.9. The van der Waals surface area contributed by atoms with Crippen LogP contribution in [0.5, 0.6) is 5.75 Å². The number of ether oxygens (including phenoxy) is 1. The van der Waals surface area contributed by atoms with E-state index in [2.05, 4.69) is 5.32 Å². The van der Waals surface area contributed by atoms with Crippen molar-refractivity contribution >= 4 is 27.3 Å². The van der Waals surface area contributed by atoms with Crippen LogP contribution in [-0.4, -0.2) is 27.5 Å². The van der Waals surface area contributed by atoms with Crippen LogP contribution >= 0.6 is 0 Å². The Morgan fingerprint density at radius 2 is 1.91 bits per heavy atom. The molecule has 23 heavy (non-hydrogen) atoms. The summed E-state index contributed by atoms with van der Waals surface area (Å²) in [5, 5.41) is 2.64. The fraction of sp³-hybridized carbons (Fsp3) is 0.188. The molecule has 0 saturated heterocycles. The Morgan fingerprint density at radius 3 is 2.61 bits per heavy atom. The molecular formula is C16H16N2O4S. The molecule has 0 unspecified atom stereocenters. The van der Waals surface area contributed by atoms with E-state index in [4.69, 9.17) is 4.74 Å². The number of carbonyl (C=O) groups is 1. The highest BCUT2D eigenvalue weighted by Crippen LogP contribution is 2.32. The highest BCUT2D eigenvalue weighted by Gasteiger charge is 2.26. The van der Waals surface area contributed by atoms with Crippen molar-refractivity contribution in [2.24, 2.45) is 0 Å². The molecule has 1 N–H and O–H groups in total. The van der Waals surface area contributed by atoms with Crippen molar-refractivity contribution in [3.8, 4) is 5.75 Å². The molecule has 0 aliphatic carbocycles. The third-order valence-electron chi connectivity index (χ3n) is 3.51. The summed E-state index contributed by atoms with van der Waals surface area (Å²) in [4.78, 5) is 11.4. The van der Waals surface area contributed by atoms with Gasteiger partial charge in [-0.3, -0.25) is 9.10 Å². The van der Waals surface area contributed by atoms with Crippen molar-refractivity contribution in [2.45, 2.75) is 11.8 Å². The van der Waals surface area contributed by atoms with Crippen LogP contribution in [0.15, 0.2) is 53.4 Å². The Hall–Kier alpha value is -2.54. The summed E-state index contributed by atoms with van der Waals surface area (Å²) in [5.74, 6) is 0.0994. The van der Waals surface area contributed by atoms with Crippen molar-refractivity contribution in [3.05, 3.63) is 48.5 Å². The number of carbonyl (C=O) groups excluding carboxylic acids is 1. The van der Waals surface area contributed by atoms with Crippen LogP contribution in [0.25, 0.3) is 0 Å². The van der Waals surface area contributed by atoms with Gasteiger partial charge in [-0.25, -0.2) is 8.42 Å². The molecule has 1 heterocycles. The third-order valence-corrected chi connectivity index (χ3v) is 5.40. The lowest BCUT2D eigenvalue weighted by Gasteiger charge is -2.24. The fourth-order valence-corrected chi connectivity index (χ4v) is 3.92. The van der Waals surface area contributed by atoms with Crippen LogP contribution in [0, 0.1) is 0 Å². The van der Waals surface area contributed by atoms with Crippen molar-refractivity contribution < 1.29 is 17.9 Å². The molecule has 0 saturated carbocycles. The molecule has 120 valence electrons. The lowest BCUT2D eigenvalue weighted by molar-refractivity contribution is -0.118. The van der Waals surface area contributed by atoms with Gasteiger partial charge in [-0.05, 0) is 31.2 Å². The van der Waals surface area contributed by atoms with Gasteiger partial charge in [0, 0.05) is 12.6 Å². The molecule has 2 aromatic carbocycles. The highest BCUT2D eigenvalue weighted by atomic mass is 32.2. The number of hydrogen-bond acceptors (Lipinski definition) is 4. The highest BCUT2D eigenvalue weighted by molar-refractivity contribution is 7.92. The lowest BCUT2D eigenvalue weighted by atomic mass is 10.2. The van der Waals surface area contributed by atoms with Crippen molar-refractivity contribution in [2.75, 3.05) is 22.8 Å². The lowest BCUT2D eigenvalue weighted by Crippen LogP contribution is -2.31. The van der Waals surface area contributed by atoms with Gasteiger partial charge in [0.05, 0.1) is 16.3 Å². The molecule has 6 nitrogen and oxygen atoms in total. The Bertz CT molecular complexity index is 834. The van der Waals surface area contributed by atoms with Gasteiger partial charge in [-0.2, -0.15) is 0 Å². The van der Waals surface area contributed by atoms with Crippen LogP contribution in [0.1, 0.15) is 6.92 Å². The van der Waals surface area contributed by atoms with E-state index in [9.17, 15) is 13.2 Å². The molecule has 1 aliphatic heterocycles. The smallest absolute Gasteiger partial charge is 0.264 e. The normalized spacial score (nSPS) is 13.7. The zero-order valence-electron chi connectivity index (χ0n) is 12.5. The van der Waals surface area contributed by atoms with Crippen molar-refractivity contribution in [3.63, 3.8) is 0 Å². The van der Waals surface area contributed by atoms with E-state index >= 15 is 0 Å². The maximum absolute atomic E-state index is 12.9. The van der Waals surface area contributed by atoms with Crippen molar-refractivity contribution in [1.82, 2.24) is 0 Å². The van der Waals surface area contributed by atoms with Crippen LogP contribution in [0.3, 0.4) is 0 Å². The predicted octanol–water partition coefficient (Wildman–Crippen LogP) is 2.23. The van der Waals surface area contributed by atoms with Crippen LogP contribution in [0.2, 0.25) is 0 Å². The topological polar surface area (TPSA) is 75.7 Å². The number of fused-ring (bicyclic) bond motifs is 1. The molecule has 0 fully saturated rings. The Labute approximate surface area is 134 Å². The summed E-state index contributed by atoms with van der Waals surface area (Å²) in [6.45, 7) is 1.97. The summed E-state index contributed by atoms with van der Waals surface area (Å²) in [6.07, 6.45) is 0. The fourth-order valence-electron chi connectivity index (χ4n) is 2.43. The maximum Gasteiger partial charge on any atom is 0.264 e. The van der Waals surface area contributed by atoms with E-state index in [0.717, 1.165) is 0 Å². The van der Waals surface area contributed by atoms with Gasteiger partial charge >= 0.3 is 0 Å². The first-order chi connectivity index (χ1) is 11.0. The summed E-state index contributed by atoms with van der Waals surface area (Å²) in [6, 6.07) is 13.4. The quantitative estimate of drug-likeness (QED) is 0.931. The monoisotopic (exact) mass is 332 g/mol. The summed E-state index contributed by atoms with van der Waals surface area (Å²) < 4.78 is 32.4. The van der Waals surface area contributed by atoms with Crippen LogP contribution in [-0.2, 0) is 14.8 Å². The molecule has 2 aromatic rings. The molecule has 0 spiro atoms. The minimum Gasteiger partial charge on any atom is -0.482 e. The zero-order chi connectivity index (χ0) is 16.4. The van der Waals surface area contributed by atoms with Gasteiger partial charge < -0.3 is 10.1 Å². The Balaban J connectivity index is 2.01. The average Bonchev–Trinajstić information content (AvgIpc) is 2.55. The van der Waals surface area contributed by atoms with E-state index in [-0.39, 0.29) is 17.4 Å². The number of sulfonamides is 1. The second-order valence-corrected chi connectivity index (χ2v) is 6.86. The van der Waals surface area contributed by atoms with E-state index in [0.29, 0.717) is 23.7 Å². The zero-order valence-corrected chi connectivity index (χ0v) is 13.3. The third kappa shape index (κ3) is 2.87. The molecule has 0 atom stereocenters. The second-order valence-electron chi connectivity index (χ2n) is 5.00. The van der Waals surface area contributed by atoms with Gasteiger partial charge in [0.25, 0.3) is 15.9 Å². The van der Waals surface area contributed by atoms with Crippen molar-refractivity contribution in [1.29, 1.82) is 0 Å². The number of para-hydroxylation sites is 1. The minimum atomic E-state index is -3.71. The van der Waals surface area contributed by atoms with E-state index in [1.807, 2.05) is 6.07 Å². The number of rotatable bonds is 4. The number of benzene rings is 2. The standard InChI is InChI=1S/C16H16N2O4S/c1-2-18(12-6-4-3-5-7-12)23(20,21)13-8-9-14-15(10-13)22-11-16(19)17-14/h3-10H,2,11H2,1H3,(H,17,19). The van der Waals surface area contributed by atoms with Crippen LogP contribution in [0.4, 0.5) is 11.4 Å². The minimum absolute atomic E-state index is 0.118. The molecular weight excluding hydrogens is 316 g/mol. The van der Waals surface area contributed by atoms with Gasteiger partial charge in [0.1, 0.15) is 5.75 Å². The molecule has 3 rings (SSSR count). The van der Waals surface area contributed by atoms with Gasteiger partial charge in [0.2, 0.25) is 0 Å². The number of amides is 1. The SMILES string of the molecule is CCN(c1ccccc1)S(=O)(=O)c1ccc2c(c1)OCC(=O)N2. The number of hydrogen-bond donors (Lipinski definition) is 1. The summed E-state index contributed by atoms with van der Waals surface area (Å²) in [7, 11) is -3.71.